The number of carbonyl (C=O) groups is 1. The van der Waals surface area contributed by atoms with Crippen molar-refractivity contribution in [3.8, 4) is 5.75 Å². The predicted octanol–water partition coefficient (Wildman–Crippen LogP) is 1.58. The third-order valence-corrected chi connectivity index (χ3v) is 4.71. The molecule has 1 aliphatic rings. The second-order valence-corrected chi connectivity index (χ2v) is 6.58. The standard InChI is InChI=1S/C20H19N3O4/c24-17-12-23(20(26)16-2-1-3-19(25)22-16)9-7-18(17)27-15-5-4-13-6-8-21-11-14(13)10-15/h1-6,8,10-11,17-18,24H,7,9,12H2,(H,22,25)/t17-,18-/m1/s1. The normalized spacial score (nSPS) is 19.8. The summed E-state index contributed by atoms with van der Waals surface area (Å²) < 4.78 is 5.96. The molecule has 3 aromatic rings. The van der Waals surface area contributed by atoms with Crippen LogP contribution >= 0.6 is 0 Å². The van der Waals surface area contributed by atoms with E-state index in [9.17, 15) is 14.7 Å². The molecule has 4 rings (SSSR count). The first-order valence-electron chi connectivity index (χ1n) is 8.77. The van der Waals surface area contributed by atoms with Crippen LogP contribution in [0, 0.1) is 0 Å². The molecular weight excluding hydrogens is 346 g/mol. The van der Waals surface area contributed by atoms with Gasteiger partial charge in [-0.05, 0) is 29.7 Å². The lowest BCUT2D eigenvalue weighted by Gasteiger charge is -2.35. The minimum atomic E-state index is -0.817. The number of benzene rings is 1. The number of H-pyrrole nitrogens is 1. The van der Waals surface area contributed by atoms with Gasteiger partial charge in [0.05, 0.1) is 6.54 Å². The van der Waals surface area contributed by atoms with Crippen LogP contribution in [0.25, 0.3) is 10.8 Å². The minimum Gasteiger partial charge on any atom is -0.488 e. The highest BCUT2D eigenvalue weighted by molar-refractivity contribution is 5.92. The number of amides is 1. The summed E-state index contributed by atoms with van der Waals surface area (Å²) in [5.41, 5.74) is -0.110. The van der Waals surface area contributed by atoms with Crippen molar-refractivity contribution in [1.29, 1.82) is 0 Å². The van der Waals surface area contributed by atoms with Crippen LogP contribution in [0.15, 0.2) is 59.7 Å². The Morgan fingerprint density at radius 1 is 1.22 bits per heavy atom. The fourth-order valence-electron chi connectivity index (χ4n) is 3.29. The number of pyridine rings is 2. The highest BCUT2D eigenvalue weighted by atomic mass is 16.5. The Morgan fingerprint density at radius 3 is 2.93 bits per heavy atom. The molecule has 0 saturated carbocycles. The van der Waals surface area contributed by atoms with Gasteiger partial charge in [-0.15, -0.1) is 0 Å². The number of fused-ring (bicyclic) bond motifs is 1. The summed E-state index contributed by atoms with van der Waals surface area (Å²) in [5.74, 6) is 0.355. The van der Waals surface area contributed by atoms with Gasteiger partial charge in [0.15, 0.2) is 0 Å². The Balaban J connectivity index is 1.43. The molecule has 2 N–H and O–H groups in total. The molecule has 1 aromatic carbocycles. The van der Waals surface area contributed by atoms with Gasteiger partial charge in [-0.1, -0.05) is 12.1 Å². The number of ether oxygens (including phenoxy) is 1. The molecule has 3 heterocycles. The van der Waals surface area contributed by atoms with E-state index in [4.69, 9.17) is 4.74 Å². The van der Waals surface area contributed by atoms with Gasteiger partial charge >= 0.3 is 0 Å². The summed E-state index contributed by atoms with van der Waals surface area (Å²) in [6.45, 7) is 0.585. The zero-order valence-corrected chi connectivity index (χ0v) is 14.5. The number of hydrogen-bond acceptors (Lipinski definition) is 5. The lowest BCUT2D eigenvalue weighted by Crippen LogP contribution is -2.51. The van der Waals surface area contributed by atoms with E-state index >= 15 is 0 Å². The fraction of sp³-hybridized carbons (Fsp3) is 0.250. The van der Waals surface area contributed by atoms with Gasteiger partial charge in [-0.3, -0.25) is 14.6 Å². The summed E-state index contributed by atoms with van der Waals surface area (Å²) in [6.07, 6.45) is 2.77. The van der Waals surface area contributed by atoms with Gasteiger partial charge in [0.1, 0.15) is 23.7 Å². The van der Waals surface area contributed by atoms with Crippen molar-refractivity contribution in [3.63, 3.8) is 0 Å². The van der Waals surface area contributed by atoms with E-state index in [1.807, 2.05) is 24.3 Å². The van der Waals surface area contributed by atoms with Crippen LogP contribution in [0.5, 0.6) is 5.75 Å². The number of aromatic amines is 1. The molecule has 0 bridgehead atoms. The summed E-state index contributed by atoms with van der Waals surface area (Å²) >= 11 is 0. The molecule has 1 fully saturated rings. The average molecular weight is 365 g/mol. The van der Waals surface area contributed by atoms with E-state index in [0.717, 1.165) is 10.8 Å². The highest BCUT2D eigenvalue weighted by Crippen LogP contribution is 2.24. The topological polar surface area (TPSA) is 95.5 Å². The average Bonchev–Trinajstić information content (AvgIpc) is 2.69. The molecule has 0 radical (unpaired) electrons. The van der Waals surface area contributed by atoms with E-state index in [2.05, 4.69) is 9.97 Å². The first-order chi connectivity index (χ1) is 13.1. The molecule has 7 heteroatoms. The number of likely N-dealkylation sites (tertiary alicyclic amines) is 1. The van der Waals surface area contributed by atoms with Crippen LogP contribution < -0.4 is 10.3 Å². The van der Waals surface area contributed by atoms with E-state index in [1.54, 1.807) is 18.5 Å². The van der Waals surface area contributed by atoms with Crippen molar-refractivity contribution >= 4 is 16.7 Å². The van der Waals surface area contributed by atoms with Gasteiger partial charge in [-0.2, -0.15) is 0 Å². The van der Waals surface area contributed by atoms with Crippen molar-refractivity contribution in [2.45, 2.75) is 18.6 Å². The van der Waals surface area contributed by atoms with E-state index in [-0.39, 0.29) is 23.7 Å². The van der Waals surface area contributed by atoms with Gasteiger partial charge in [0.25, 0.3) is 5.91 Å². The monoisotopic (exact) mass is 365 g/mol. The molecule has 0 spiro atoms. The predicted molar refractivity (Wildman–Crippen MR) is 99.7 cm³/mol. The minimum absolute atomic E-state index is 0.148. The molecular formula is C20H19N3O4. The molecule has 2 aromatic heterocycles. The summed E-state index contributed by atoms with van der Waals surface area (Å²) in [4.78, 5) is 32.1. The van der Waals surface area contributed by atoms with Gasteiger partial charge in [-0.25, -0.2) is 0 Å². The van der Waals surface area contributed by atoms with Gasteiger partial charge in [0, 0.05) is 36.8 Å². The SMILES string of the molecule is O=C(c1cccc(=O)[nH]1)N1CC[C@@H](Oc2ccc3ccncc3c2)[C@H](O)C1. The van der Waals surface area contributed by atoms with Gasteiger partial charge < -0.3 is 19.7 Å². The smallest absolute Gasteiger partial charge is 0.270 e. The first-order valence-corrected chi connectivity index (χ1v) is 8.77. The molecule has 0 aliphatic carbocycles. The number of piperidine rings is 1. The van der Waals surface area contributed by atoms with E-state index in [0.29, 0.717) is 18.7 Å². The molecule has 7 nitrogen and oxygen atoms in total. The number of aliphatic hydroxyl groups excluding tert-OH is 1. The second-order valence-electron chi connectivity index (χ2n) is 6.58. The van der Waals surface area contributed by atoms with Gasteiger partial charge in [0.2, 0.25) is 5.56 Å². The van der Waals surface area contributed by atoms with Crippen molar-refractivity contribution in [1.82, 2.24) is 14.9 Å². The number of rotatable bonds is 3. The van der Waals surface area contributed by atoms with Crippen LogP contribution in [-0.2, 0) is 0 Å². The third kappa shape index (κ3) is 3.68. The summed E-state index contributed by atoms with van der Waals surface area (Å²) in [6, 6.07) is 12.1. The van der Waals surface area contributed by atoms with Crippen LogP contribution in [0.4, 0.5) is 0 Å². The second kappa shape index (κ2) is 7.20. The number of nitrogens with zero attached hydrogens (tertiary/aromatic N) is 2. The van der Waals surface area contributed by atoms with Crippen LogP contribution in [0.2, 0.25) is 0 Å². The molecule has 2 atom stereocenters. The Morgan fingerprint density at radius 2 is 2.11 bits per heavy atom. The maximum atomic E-state index is 12.5. The molecule has 0 unspecified atom stereocenters. The van der Waals surface area contributed by atoms with Crippen molar-refractivity contribution in [3.05, 3.63) is 70.9 Å². The maximum Gasteiger partial charge on any atom is 0.270 e. The summed E-state index contributed by atoms with van der Waals surface area (Å²) in [7, 11) is 0. The fourth-order valence-corrected chi connectivity index (χ4v) is 3.29. The Hall–Kier alpha value is -3.19. The highest BCUT2D eigenvalue weighted by Gasteiger charge is 2.32. The summed E-state index contributed by atoms with van der Waals surface area (Å²) in [5, 5.41) is 12.5. The Kier molecular flexibility index (Phi) is 4.60. The van der Waals surface area contributed by atoms with Crippen molar-refractivity contribution < 1.29 is 14.6 Å². The lowest BCUT2D eigenvalue weighted by atomic mass is 10.0. The largest absolute Gasteiger partial charge is 0.488 e. The zero-order chi connectivity index (χ0) is 18.8. The van der Waals surface area contributed by atoms with E-state index in [1.165, 1.54) is 17.0 Å². The maximum absolute atomic E-state index is 12.5. The number of β-amino-alcohol motifs (C(OH)–C–C–N with tert-alkyl or cyclic N) is 1. The molecule has 27 heavy (non-hydrogen) atoms. The quantitative estimate of drug-likeness (QED) is 0.735. The molecule has 1 amide bonds. The van der Waals surface area contributed by atoms with Crippen LogP contribution in [0.3, 0.4) is 0 Å². The van der Waals surface area contributed by atoms with E-state index < -0.39 is 12.2 Å². The Bertz CT molecular complexity index is 1030. The molecule has 1 aliphatic heterocycles. The zero-order valence-electron chi connectivity index (χ0n) is 14.5. The number of hydrogen-bond donors (Lipinski definition) is 2. The number of aromatic nitrogens is 2. The molecule has 138 valence electrons. The van der Waals surface area contributed by atoms with Crippen LogP contribution in [0.1, 0.15) is 16.9 Å². The number of aliphatic hydroxyl groups is 1. The first kappa shape index (κ1) is 17.2. The Labute approximate surface area is 155 Å². The third-order valence-electron chi connectivity index (χ3n) is 4.71. The number of carbonyl (C=O) groups excluding carboxylic acids is 1. The van der Waals surface area contributed by atoms with Crippen LogP contribution in [-0.4, -0.2) is 51.2 Å². The number of nitrogens with one attached hydrogen (secondary N) is 1. The molecule has 1 saturated heterocycles. The van der Waals surface area contributed by atoms with Crippen molar-refractivity contribution in [2.75, 3.05) is 13.1 Å². The lowest BCUT2D eigenvalue weighted by molar-refractivity contribution is -0.0200. The van der Waals surface area contributed by atoms with Crippen molar-refractivity contribution in [2.24, 2.45) is 0 Å².